The summed E-state index contributed by atoms with van der Waals surface area (Å²) < 4.78 is 44.7. The number of amides is 1. The Bertz CT molecular complexity index is 858. The molecule has 0 unspecified atom stereocenters. The first-order valence-corrected chi connectivity index (χ1v) is 8.51. The van der Waals surface area contributed by atoms with E-state index in [9.17, 15) is 18.0 Å². The normalized spacial score (nSPS) is 12.7. The maximum Gasteiger partial charge on any atom is 0.266 e. The van der Waals surface area contributed by atoms with Crippen molar-refractivity contribution in [2.24, 2.45) is 0 Å². The quantitative estimate of drug-likeness (QED) is 0.799. The average molecular weight is 379 g/mol. The molecule has 27 heavy (non-hydrogen) atoms. The number of hydrogen-bond acceptors (Lipinski definition) is 4. The van der Waals surface area contributed by atoms with Gasteiger partial charge in [0.15, 0.2) is 0 Å². The number of hydrogen-bond donors (Lipinski definition) is 2. The Morgan fingerprint density at radius 3 is 2.78 bits per heavy atom. The van der Waals surface area contributed by atoms with Crippen LogP contribution in [-0.4, -0.2) is 26.2 Å². The molecule has 1 heterocycles. The highest BCUT2D eigenvalue weighted by molar-refractivity contribution is 5.94. The van der Waals surface area contributed by atoms with Gasteiger partial charge in [-0.05, 0) is 37.3 Å². The van der Waals surface area contributed by atoms with E-state index in [0.717, 1.165) is 29.1 Å². The van der Waals surface area contributed by atoms with Gasteiger partial charge in [0.25, 0.3) is 12.3 Å². The van der Waals surface area contributed by atoms with Gasteiger partial charge in [-0.15, -0.1) is 0 Å². The first-order chi connectivity index (χ1) is 12.9. The Hall–Kier alpha value is -2.90. The third kappa shape index (κ3) is 3.79. The summed E-state index contributed by atoms with van der Waals surface area (Å²) in [6, 6.07) is 6.68. The van der Waals surface area contributed by atoms with Crippen LogP contribution in [0.3, 0.4) is 0 Å². The zero-order valence-corrected chi connectivity index (χ0v) is 15.0. The Balaban J connectivity index is 1.81. The van der Waals surface area contributed by atoms with Crippen molar-refractivity contribution in [2.45, 2.75) is 19.9 Å². The van der Waals surface area contributed by atoms with Gasteiger partial charge in [0, 0.05) is 24.7 Å². The molecule has 0 saturated carbocycles. The summed E-state index contributed by atoms with van der Waals surface area (Å²) in [6.07, 6.45) is -2.93. The number of ether oxygens (including phenoxy) is 1. The molecule has 0 spiro atoms. The molecule has 5 nitrogen and oxygen atoms in total. The number of rotatable bonds is 6. The molecule has 1 amide bonds. The van der Waals surface area contributed by atoms with Gasteiger partial charge in [-0.3, -0.25) is 4.79 Å². The molecule has 0 saturated heterocycles. The van der Waals surface area contributed by atoms with Crippen LogP contribution in [0, 0.1) is 5.82 Å². The van der Waals surface area contributed by atoms with Crippen molar-refractivity contribution in [3.8, 4) is 5.75 Å². The second kappa shape index (κ2) is 7.77. The van der Waals surface area contributed by atoms with Crippen LogP contribution < -0.4 is 20.3 Å². The third-order valence-electron chi connectivity index (χ3n) is 4.35. The van der Waals surface area contributed by atoms with Crippen LogP contribution in [0.2, 0.25) is 0 Å². The summed E-state index contributed by atoms with van der Waals surface area (Å²) in [5, 5.41) is 5.95. The monoisotopic (exact) mass is 379 g/mol. The molecule has 0 aromatic heterocycles. The van der Waals surface area contributed by atoms with Crippen LogP contribution >= 0.6 is 0 Å². The third-order valence-corrected chi connectivity index (χ3v) is 4.35. The summed E-state index contributed by atoms with van der Waals surface area (Å²) in [4.78, 5) is 14.4. The second-order valence-electron chi connectivity index (χ2n) is 6.12. The molecule has 2 aromatic carbocycles. The predicted octanol–water partition coefficient (Wildman–Crippen LogP) is 3.91. The first kappa shape index (κ1) is 18.9. The van der Waals surface area contributed by atoms with Gasteiger partial charge in [-0.1, -0.05) is 0 Å². The van der Waals surface area contributed by atoms with Crippen molar-refractivity contribution in [1.82, 2.24) is 5.32 Å². The molecule has 0 bridgehead atoms. The molecule has 144 valence electrons. The molecule has 0 atom stereocenters. The standard InChI is InChI=1S/C19H20F3N3O2/c1-3-27-16-7-6-15-17(25(2)10-24-15)13(16)9-23-19(26)11-4-5-12(18(21)22)14(20)8-11/h4-8,18,24H,3,9-10H2,1-2H3,(H,23,26). The number of carbonyl (C=O) groups is 1. The number of nitrogens with zero attached hydrogens (tertiary/aromatic N) is 1. The number of benzene rings is 2. The lowest BCUT2D eigenvalue weighted by molar-refractivity contribution is 0.0949. The van der Waals surface area contributed by atoms with Crippen LogP contribution in [0.1, 0.15) is 34.8 Å². The van der Waals surface area contributed by atoms with Gasteiger partial charge in [0.1, 0.15) is 11.6 Å². The van der Waals surface area contributed by atoms with Crippen molar-refractivity contribution in [2.75, 3.05) is 30.5 Å². The number of carbonyl (C=O) groups excluding carboxylic acids is 1. The summed E-state index contributed by atoms with van der Waals surface area (Å²) in [5.74, 6) is -1.01. The van der Waals surface area contributed by atoms with Gasteiger partial charge in [0.05, 0.1) is 30.2 Å². The first-order valence-electron chi connectivity index (χ1n) is 8.51. The number of anilines is 2. The molecule has 1 aliphatic rings. The fraction of sp³-hybridized carbons (Fsp3) is 0.316. The summed E-state index contributed by atoms with van der Waals surface area (Å²) >= 11 is 0. The molecule has 1 aliphatic heterocycles. The molecule has 2 N–H and O–H groups in total. The minimum absolute atomic E-state index is 0.0195. The summed E-state index contributed by atoms with van der Waals surface area (Å²) in [6.45, 7) is 3.12. The summed E-state index contributed by atoms with van der Waals surface area (Å²) in [5.41, 5.74) is 1.89. The Morgan fingerprint density at radius 1 is 1.33 bits per heavy atom. The van der Waals surface area contributed by atoms with Crippen LogP contribution in [0.4, 0.5) is 24.5 Å². The number of nitrogens with one attached hydrogen (secondary N) is 2. The van der Waals surface area contributed by atoms with Gasteiger partial charge in [-0.2, -0.15) is 0 Å². The Kier molecular flexibility index (Phi) is 5.43. The molecule has 3 rings (SSSR count). The lowest BCUT2D eigenvalue weighted by Gasteiger charge is -2.19. The van der Waals surface area contributed by atoms with Crippen LogP contribution in [-0.2, 0) is 6.54 Å². The molecular formula is C19H20F3N3O2. The van der Waals surface area contributed by atoms with Crippen molar-refractivity contribution in [3.05, 3.63) is 52.8 Å². The van der Waals surface area contributed by atoms with Gasteiger partial charge in [-0.25, -0.2) is 13.2 Å². The lowest BCUT2D eigenvalue weighted by Crippen LogP contribution is -2.25. The maximum absolute atomic E-state index is 13.7. The van der Waals surface area contributed by atoms with Gasteiger partial charge >= 0.3 is 0 Å². The highest BCUT2D eigenvalue weighted by Crippen LogP contribution is 2.39. The van der Waals surface area contributed by atoms with E-state index in [4.69, 9.17) is 4.74 Å². The average Bonchev–Trinajstić information content (AvgIpc) is 3.01. The molecule has 0 radical (unpaired) electrons. The molecule has 0 aliphatic carbocycles. The van der Waals surface area contributed by atoms with E-state index in [1.165, 1.54) is 6.07 Å². The topological polar surface area (TPSA) is 53.6 Å². The zero-order valence-electron chi connectivity index (χ0n) is 15.0. The molecule has 2 aromatic rings. The molecule has 8 heteroatoms. The van der Waals surface area contributed by atoms with Crippen molar-refractivity contribution in [3.63, 3.8) is 0 Å². The minimum Gasteiger partial charge on any atom is -0.493 e. The fourth-order valence-corrected chi connectivity index (χ4v) is 3.06. The van der Waals surface area contributed by atoms with E-state index < -0.39 is 23.7 Å². The van der Waals surface area contributed by atoms with E-state index in [-0.39, 0.29) is 12.1 Å². The Morgan fingerprint density at radius 2 is 2.11 bits per heavy atom. The van der Waals surface area contributed by atoms with E-state index in [0.29, 0.717) is 19.0 Å². The Labute approximate surface area is 155 Å². The van der Waals surface area contributed by atoms with Crippen molar-refractivity contribution >= 4 is 17.3 Å². The molecular weight excluding hydrogens is 359 g/mol. The SMILES string of the molecule is CCOc1ccc2c(c1CNC(=O)c1ccc(C(F)F)c(F)c1)N(C)CN2. The van der Waals surface area contributed by atoms with Crippen LogP contribution in [0.25, 0.3) is 0 Å². The largest absolute Gasteiger partial charge is 0.493 e. The van der Waals surface area contributed by atoms with E-state index >= 15 is 0 Å². The second-order valence-corrected chi connectivity index (χ2v) is 6.12. The fourth-order valence-electron chi connectivity index (χ4n) is 3.06. The van der Waals surface area contributed by atoms with Gasteiger partial charge in [0.2, 0.25) is 0 Å². The smallest absolute Gasteiger partial charge is 0.266 e. The van der Waals surface area contributed by atoms with E-state index in [1.54, 1.807) is 0 Å². The van der Waals surface area contributed by atoms with Crippen molar-refractivity contribution in [1.29, 1.82) is 0 Å². The lowest BCUT2D eigenvalue weighted by atomic mass is 10.1. The predicted molar refractivity (Wildman–Crippen MR) is 97.0 cm³/mol. The van der Waals surface area contributed by atoms with E-state index in [2.05, 4.69) is 10.6 Å². The van der Waals surface area contributed by atoms with Gasteiger partial charge < -0.3 is 20.3 Å². The van der Waals surface area contributed by atoms with Crippen molar-refractivity contribution < 1.29 is 22.7 Å². The number of fused-ring (bicyclic) bond motifs is 1. The van der Waals surface area contributed by atoms with Crippen LogP contribution in [0.5, 0.6) is 5.75 Å². The highest BCUT2D eigenvalue weighted by atomic mass is 19.3. The highest BCUT2D eigenvalue weighted by Gasteiger charge is 2.23. The minimum atomic E-state index is -2.93. The van der Waals surface area contributed by atoms with Crippen LogP contribution in [0.15, 0.2) is 30.3 Å². The van der Waals surface area contributed by atoms with E-state index in [1.807, 2.05) is 31.0 Å². The summed E-state index contributed by atoms with van der Waals surface area (Å²) in [7, 11) is 1.92. The molecule has 0 fully saturated rings. The number of alkyl halides is 2. The zero-order chi connectivity index (χ0) is 19.6. The maximum atomic E-state index is 13.7. The number of halogens is 3.